The van der Waals surface area contributed by atoms with Gasteiger partial charge in [-0.25, -0.2) is 4.79 Å². The summed E-state index contributed by atoms with van der Waals surface area (Å²) in [5.41, 5.74) is 4.44. The molecule has 1 N–H and O–H groups in total. The highest BCUT2D eigenvalue weighted by Crippen LogP contribution is 2.29. The van der Waals surface area contributed by atoms with Crippen LogP contribution in [0.5, 0.6) is 0 Å². The molecule has 3 aromatic carbocycles. The van der Waals surface area contributed by atoms with Crippen LogP contribution in [0, 0.1) is 12.8 Å². The number of hydrogen-bond acceptors (Lipinski definition) is 3. The summed E-state index contributed by atoms with van der Waals surface area (Å²) >= 11 is 0. The normalized spacial score (nSPS) is 14.1. The largest absolute Gasteiger partial charge is 0.340 e. The van der Waals surface area contributed by atoms with Crippen LogP contribution in [-0.2, 0) is 4.79 Å². The Morgan fingerprint density at radius 2 is 1.37 bits per heavy atom. The van der Waals surface area contributed by atoms with Crippen LogP contribution < -0.4 is 5.32 Å². The van der Waals surface area contributed by atoms with Crippen molar-refractivity contribution in [3.8, 4) is 0 Å². The van der Waals surface area contributed by atoms with E-state index in [2.05, 4.69) is 72.6 Å². The first-order chi connectivity index (χ1) is 18.4. The molecule has 0 aliphatic carbocycles. The summed E-state index contributed by atoms with van der Waals surface area (Å²) in [7, 11) is 0. The van der Waals surface area contributed by atoms with Crippen LogP contribution in [-0.4, -0.2) is 65.9 Å². The summed E-state index contributed by atoms with van der Waals surface area (Å²) in [4.78, 5) is 32.3. The van der Waals surface area contributed by atoms with Crippen LogP contribution in [0.25, 0.3) is 0 Å². The molecular formula is C32H40N4O2. The van der Waals surface area contributed by atoms with Gasteiger partial charge in [0.1, 0.15) is 0 Å². The SMILES string of the molecule is Cc1ccc(NC(=O)N(CCC(=O)N2CCN(C(c3ccccc3)c3ccccc3)CC2)CC(C)C)cc1. The third-order valence-electron chi connectivity index (χ3n) is 7.03. The fourth-order valence-electron chi connectivity index (χ4n) is 5.06. The Morgan fingerprint density at radius 3 is 1.89 bits per heavy atom. The number of urea groups is 1. The second-order valence-electron chi connectivity index (χ2n) is 10.5. The molecule has 3 amide bonds. The van der Waals surface area contributed by atoms with Crippen molar-refractivity contribution in [2.75, 3.05) is 44.6 Å². The molecule has 1 fully saturated rings. The Bertz CT molecular complexity index is 1120. The second kappa shape index (κ2) is 13.2. The number of anilines is 1. The molecular weight excluding hydrogens is 472 g/mol. The van der Waals surface area contributed by atoms with Gasteiger partial charge in [-0.1, -0.05) is 92.2 Å². The van der Waals surface area contributed by atoms with Gasteiger partial charge in [0.2, 0.25) is 5.91 Å². The Morgan fingerprint density at radius 1 is 0.816 bits per heavy atom. The fraction of sp³-hybridized carbons (Fsp3) is 0.375. The lowest BCUT2D eigenvalue weighted by Gasteiger charge is -2.40. The number of aryl methyl sites for hydroxylation is 1. The van der Waals surface area contributed by atoms with Crippen molar-refractivity contribution in [2.45, 2.75) is 33.2 Å². The molecule has 0 unspecified atom stereocenters. The van der Waals surface area contributed by atoms with Crippen molar-refractivity contribution in [1.82, 2.24) is 14.7 Å². The molecule has 1 heterocycles. The zero-order valence-electron chi connectivity index (χ0n) is 22.8. The number of carbonyl (C=O) groups is 2. The molecule has 38 heavy (non-hydrogen) atoms. The van der Waals surface area contributed by atoms with E-state index in [4.69, 9.17) is 0 Å². The lowest BCUT2D eigenvalue weighted by molar-refractivity contribution is -0.133. The van der Waals surface area contributed by atoms with Crippen molar-refractivity contribution >= 4 is 17.6 Å². The van der Waals surface area contributed by atoms with Gasteiger partial charge in [0.05, 0.1) is 6.04 Å². The molecule has 0 bridgehead atoms. The van der Waals surface area contributed by atoms with Crippen molar-refractivity contribution in [3.05, 3.63) is 102 Å². The van der Waals surface area contributed by atoms with Crippen LogP contribution in [0.1, 0.15) is 43.0 Å². The average Bonchev–Trinajstić information content (AvgIpc) is 2.93. The van der Waals surface area contributed by atoms with Crippen molar-refractivity contribution in [1.29, 1.82) is 0 Å². The third kappa shape index (κ3) is 7.45. The minimum absolute atomic E-state index is 0.109. The highest BCUT2D eigenvalue weighted by molar-refractivity contribution is 5.89. The summed E-state index contributed by atoms with van der Waals surface area (Å²) in [6.07, 6.45) is 0.328. The summed E-state index contributed by atoms with van der Waals surface area (Å²) in [5, 5.41) is 2.98. The summed E-state index contributed by atoms with van der Waals surface area (Å²) < 4.78 is 0. The van der Waals surface area contributed by atoms with E-state index in [1.807, 2.05) is 48.2 Å². The molecule has 4 rings (SSSR count). The fourth-order valence-corrected chi connectivity index (χ4v) is 5.06. The van der Waals surface area contributed by atoms with Crippen LogP contribution in [0.3, 0.4) is 0 Å². The molecule has 6 heteroatoms. The zero-order chi connectivity index (χ0) is 26.9. The Balaban J connectivity index is 1.34. The molecule has 1 aliphatic heterocycles. The highest BCUT2D eigenvalue weighted by Gasteiger charge is 2.28. The second-order valence-corrected chi connectivity index (χ2v) is 10.5. The lowest BCUT2D eigenvalue weighted by atomic mass is 9.96. The van der Waals surface area contributed by atoms with Gasteiger partial charge in [-0.15, -0.1) is 0 Å². The first-order valence-corrected chi connectivity index (χ1v) is 13.6. The smallest absolute Gasteiger partial charge is 0.321 e. The van der Waals surface area contributed by atoms with E-state index in [1.165, 1.54) is 11.1 Å². The molecule has 200 valence electrons. The summed E-state index contributed by atoms with van der Waals surface area (Å²) in [6.45, 7) is 10.2. The first-order valence-electron chi connectivity index (χ1n) is 13.6. The van der Waals surface area contributed by atoms with Crippen molar-refractivity contribution < 1.29 is 9.59 Å². The number of piperazine rings is 1. The van der Waals surface area contributed by atoms with Crippen molar-refractivity contribution in [2.24, 2.45) is 5.92 Å². The molecule has 1 aliphatic rings. The first kappa shape index (κ1) is 27.4. The lowest BCUT2D eigenvalue weighted by Crippen LogP contribution is -2.50. The van der Waals surface area contributed by atoms with Gasteiger partial charge in [0.15, 0.2) is 0 Å². The summed E-state index contributed by atoms with van der Waals surface area (Å²) in [5.74, 6) is 0.419. The monoisotopic (exact) mass is 512 g/mol. The van der Waals surface area contributed by atoms with E-state index in [0.717, 1.165) is 24.3 Å². The van der Waals surface area contributed by atoms with Gasteiger partial charge in [-0.05, 0) is 36.1 Å². The molecule has 0 spiro atoms. The van der Waals surface area contributed by atoms with Crippen LogP contribution in [0.2, 0.25) is 0 Å². The van der Waals surface area contributed by atoms with E-state index in [9.17, 15) is 9.59 Å². The Kier molecular flexibility index (Phi) is 9.55. The minimum atomic E-state index is -0.159. The molecule has 3 aromatic rings. The topological polar surface area (TPSA) is 55.9 Å². The number of rotatable bonds is 9. The van der Waals surface area contributed by atoms with E-state index in [1.54, 1.807) is 4.90 Å². The van der Waals surface area contributed by atoms with E-state index in [0.29, 0.717) is 38.5 Å². The van der Waals surface area contributed by atoms with Gasteiger partial charge in [0.25, 0.3) is 0 Å². The minimum Gasteiger partial charge on any atom is -0.340 e. The van der Waals surface area contributed by atoms with E-state index >= 15 is 0 Å². The van der Waals surface area contributed by atoms with Gasteiger partial charge >= 0.3 is 6.03 Å². The van der Waals surface area contributed by atoms with E-state index in [-0.39, 0.29) is 18.0 Å². The van der Waals surface area contributed by atoms with Gasteiger partial charge < -0.3 is 15.1 Å². The number of benzene rings is 3. The highest BCUT2D eigenvalue weighted by atomic mass is 16.2. The quantitative estimate of drug-likeness (QED) is 0.394. The predicted molar refractivity (Wildman–Crippen MR) is 154 cm³/mol. The average molecular weight is 513 g/mol. The van der Waals surface area contributed by atoms with E-state index < -0.39 is 0 Å². The zero-order valence-corrected chi connectivity index (χ0v) is 22.8. The van der Waals surface area contributed by atoms with Crippen LogP contribution in [0.15, 0.2) is 84.9 Å². The van der Waals surface area contributed by atoms with Crippen molar-refractivity contribution in [3.63, 3.8) is 0 Å². The Labute approximate surface area is 227 Å². The molecule has 6 nitrogen and oxygen atoms in total. The molecule has 0 atom stereocenters. The molecule has 0 aromatic heterocycles. The molecule has 0 saturated carbocycles. The van der Waals surface area contributed by atoms with Gasteiger partial charge in [-0.3, -0.25) is 9.69 Å². The summed E-state index contributed by atoms with van der Waals surface area (Å²) in [6, 6.07) is 28.9. The number of amides is 3. The predicted octanol–water partition coefficient (Wildman–Crippen LogP) is 5.81. The number of carbonyl (C=O) groups excluding carboxylic acids is 2. The molecule has 1 saturated heterocycles. The maximum absolute atomic E-state index is 13.2. The number of nitrogens with one attached hydrogen (secondary N) is 1. The van der Waals surface area contributed by atoms with Crippen LogP contribution in [0.4, 0.5) is 10.5 Å². The standard InChI is InChI=1S/C32H40N4O2/c1-25(2)24-36(32(38)33-29-16-14-26(3)15-17-29)19-18-30(37)34-20-22-35(23-21-34)31(27-10-6-4-7-11-27)28-12-8-5-9-13-28/h4-17,25,31H,18-24H2,1-3H3,(H,33,38). The maximum Gasteiger partial charge on any atom is 0.321 e. The molecule has 0 radical (unpaired) electrons. The number of nitrogens with zero attached hydrogens (tertiary/aromatic N) is 3. The third-order valence-corrected chi connectivity index (χ3v) is 7.03. The van der Waals surface area contributed by atoms with Gasteiger partial charge in [0, 0.05) is 51.4 Å². The Hall–Kier alpha value is -3.64. The maximum atomic E-state index is 13.2. The number of hydrogen-bond donors (Lipinski definition) is 1. The van der Waals surface area contributed by atoms with Crippen LogP contribution >= 0.6 is 0 Å². The van der Waals surface area contributed by atoms with Gasteiger partial charge in [-0.2, -0.15) is 0 Å².